The molecular formula is C20H21NO2. The zero-order valence-corrected chi connectivity index (χ0v) is 13.3. The fourth-order valence-corrected chi connectivity index (χ4v) is 4.27. The van der Waals surface area contributed by atoms with Crippen molar-refractivity contribution in [3.8, 4) is 11.1 Å². The monoisotopic (exact) mass is 307 g/mol. The largest absolute Gasteiger partial charge is 0.270 e. The van der Waals surface area contributed by atoms with Gasteiger partial charge in [0.2, 0.25) is 0 Å². The van der Waals surface area contributed by atoms with Crippen molar-refractivity contribution in [2.24, 2.45) is 0 Å². The molecule has 118 valence electrons. The standard InChI is InChI=1S/C20H21NO2/c22-21(23)16-8-5-7-14(12-16)20-13-15-6-1-2-9-17(15)18-10-3-4-11-19(18)20/h5,7-8,12-13H,1-4,6,9-11H2. The van der Waals surface area contributed by atoms with E-state index in [0.29, 0.717) is 0 Å². The summed E-state index contributed by atoms with van der Waals surface area (Å²) in [4.78, 5) is 10.8. The minimum atomic E-state index is -0.297. The number of nitro groups is 1. The third-order valence-electron chi connectivity index (χ3n) is 5.35. The number of hydrogen-bond acceptors (Lipinski definition) is 2. The van der Waals surface area contributed by atoms with E-state index in [2.05, 4.69) is 6.07 Å². The van der Waals surface area contributed by atoms with Gasteiger partial charge in [0.25, 0.3) is 5.69 Å². The second kappa shape index (κ2) is 5.80. The first-order chi connectivity index (χ1) is 11.2. The van der Waals surface area contributed by atoms with Crippen LogP contribution in [0.3, 0.4) is 0 Å². The van der Waals surface area contributed by atoms with Crippen molar-refractivity contribution in [1.29, 1.82) is 0 Å². The number of hydrogen-bond donors (Lipinski definition) is 0. The van der Waals surface area contributed by atoms with Crippen LogP contribution in [0.5, 0.6) is 0 Å². The number of nitrogens with zero attached hydrogens (tertiary/aromatic N) is 1. The molecule has 0 N–H and O–H groups in total. The van der Waals surface area contributed by atoms with E-state index >= 15 is 0 Å². The van der Waals surface area contributed by atoms with E-state index in [4.69, 9.17) is 0 Å². The van der Waals surface area contributed by atoms with Crippen molar-refractivity contribution in [2.75, 3.05) is 0 Å². The number of rotatable bonds is 2. The number of non-ortho nitro benzene ring substituents is 1. The second-order valence-corrected chi connectivity index (χ2v) is 6.74. The van der Waals surface area contributed by atoms with Gasteiger partial charge in [0.05, 0.1) is 4.92 Å². The summed E-state index contributed by atoms with van der Waals surface area (Å²) in [5.74, 6) is 0. The van der Waals surface area contributed by atoms with E-state index in [1.165, 1.54) is 55.2 Å². The highest BCUT2D eigenvalue weighted by molar-refractivity contribution is 5.73. The predicted molar refractivity (Wildman–Crippen MR) is 91.8 cm³/mol. The number of benzene rings is 2. The van der Waals surface area contributed by atoms with Crippen molar-refractivity contribution >= 4 is 5.69 Å². The lowest BCUT2D eigenvalue weighted by Gasteiger charge is -2.28. The van der Waals surface area contributed by atoms with E-state index in [-0.39, 0.29) is 10.6 Å². The third-order valence-corrected chi connectivity index (χ3v) is 5.35. The quantitative estimate of drug-likeness (QED) is 0.577. The molecule has 0 radical (unpaired) electrons. The summed E-state index contributed by atoms with van der Waals surface area (Å²) in [6.45, 7) is 0. The van der Waals surface area contributed by atoms with Crippen LogP contribution in [0.25, 0.3) is 11.1 Å². The normalized spacial score (nSPS) is 16.5. The fraction of sp³-hybridized carbons (Fsp3) is 0.400. The molecule has 0 saturated heterocycles. The first-order valence-corrected chi connectivity index (χ1v) is 8.65. The topological polar surface area (TPSA) is 43.1 Å². The molecule has 3 nitrogen and oxygen atoms in total. The van der Waals surface area contributed by atoms with E-state index in [1.54, 1.807) is 23.3 Å². The lowest BCUT2D eigenvalue weighted by atomic mass is 9.77. The molecule has 2 aromatic rings. The van der Waals surface area contributed by atoms with Gasteiger partial charge in [0.1, 0.15) is 0 Å². The SMILES string of the molecule is O=[N+]([O-])c1cccc(-c2cc3c(c4c2CCCC4)CCCC3)c1. The van der Waals surface area contributed by atoms with Crippen molar-refractivity contribution in [2.45, 2.75) is 51.4 Å². The van der Waals surface area contributed by atoms with Gasteiger partial charge in [-0.2, -0.15) is 0 Å². The maximum atomic E-state index is 11.1. The van der Waals surface area contributed by atoms with Crippen LogP contribution in [0.2, 0.25) is 0 Å². The molecule has 0 spiro atoms. The Bertz CT molecular complexity index is 779. The Kier molecular flexibility index (Phi) is 3.64. The molecule has 0 atom stereocenters. The Hall–Kier alpha value is -2.16. The maximum Gasteiger partial charge on any atom is 0.270 e. The second-order valence-electron chi connectivity index (χ2n) is 6.74. The first-order valence-electron chi connectivity index (χ1n) is 8.65. The van der Waals surface area contributed by atoms with Gasteiger partial charge in [-0.1, -0.05) is 18.2 Å². The Morgan fingerprint density at radius 2 is 1.52 bits per heavy atom. The third kappa shape index (κ3) is 2.54. The Balaban J connectivity index is 1.91. The van der Waals surface area contributed by atoms with Gasteiger partial charge in [-0.25, -0.2) is 0 Å². The zero-order chi connectivity index (χ0) is 15.8. The summed E-state index contributed by atoms with van der Waals surface area (Å²) in [5, 5.41) is 11.1. The smallest absolute Gasteiger partial charge is 0.258 e. The molecule has 0 aliphatic heterocycles. The van der Waals surface area contributed by atoms with Crippen LogP contribution in [0.1, 0.15) is 47.9 Å². The average Bonchev–Trinajstić information content (AvgIpc) is 2.61. The molecule has 0 saturated carbocycles. The van der Waals surface area contributed by atoms with Crippen LogP contribution >= 0.6 is 0 Å². The van der Waals surface area contributed by atoms with E-state index in [0.717, 1.165) is 18.4 Å². The van der Waals surface area contributed by atoms with Crippen LogP contribution in [-0.4, -0.2) is 4.92 Å². The summed E-state index contributed by atoms with van der Waals surface area (Å²) < 4.78 is 0. The highest BCUT2D eigenvalue weighted by atomic mass is 16.6. The summed E-state index contributed by atoms with van der Waals surface area (Å²) in [6, 6.07) is 9.47. The van der Waals surface area contributed by atoms with Gasteiger partial charge in [0, 0.05) is 12.1 Å². The molecule has 4 rings (SSSR count). The summed E-state index contributed by atoms with van der Waals surface area (Å²) >= 11 is 0. The molecule has 0 amide bonds. The van der Waals surface area contributed by atoms with E-state index in [1.807, 2.05) is 12.1 Å². The van der Waals surface area contributed by atoms with Gasteiger partial charge >= 0.3 is 0 Å². The van der Waals surface area contributed by atoms with Crippen molar-refractivity contribution in [3.63, 3.8) is 0 Å². The molecule has 3 heteroatoms. The molecule has 2 aliphatic rings. The van der Waals surface area contributed by atoms with Crippen LogP contribution < -0.4 is 0 Å². The first kappa shape index (κ1) is 14.4. The summed E-state index contributed by atoms with van der Waals surface area (Å²) in [7, 11) is 0. The molecule has 0 aromatic heterocycles. The van der Waals surface area contributed by atoms with E-state index in [9.17, 15) is 10.1 Å². The minimum Gasteiger partial charge on any atom is -0.258 e. The van der Waals surface area contributed by atoms with Crippen LogP contribution in [0.4, 0.5) is 5.69 Å². The van der Waals surface area contributed by atoms with Crippen molar-refractivity contribution in [1.82, 2.24) is 0 Å². The maximum absolute atomic E-state index is 11.1. The lowest BCUT2D eigenvalue weighted by molar-refractivity contribution is -0.384. The molecule has 2 aliphatic carbocycles. The van der Waals surface area contributed by atoms with E-state index < -0.39 is 0 Å². The highest BCUT2D eigenvalue weighted by Gasteiger charge is 2.23. The average molecular weight is 307 g/mol. The molecular weight excluding hydrogens is 286 g/mol. The lowest BCUT2D eigenvalue weighted by Crippen LogP contribution is -2.14. The van der Waals surface area contributed by atoms with Gasteiger partial charge in [-0.05, 0) is 84.7 Å². The molecule has 0 fully saturated rings. The van der Waals surface area contributed by atoms with Gasteiger partial charge < -0.3 is 0 Å². The van der Waals surface area contributed by atoms with Gasteiger partial charge in [-0.3, -0.25) is 10.1 Å². The molecule has 0 heterocycles. The van der Waals surface area contributed by atoms with Crippen molar-refractivity contribution < 1.29 is 4.92 Å². The summed E-state index contributed by atoms with van der Waals surface area (Å²) in [6.07, 6.45) is 9.74. The zero-order valence-electron chi connectivity index (χ0n) is 13.3. The number of fused-ring (bicyclic) bond motifs is 3. The molecule has 0 bridgehead atoms. The molecule has 23 heavy (non-hydrogen) atoms. The van der Waals surface area contributed by atoms with Crippen LogP contribution in [0, 0.1) is 10.1 Å². The Labute approximate surface area is 136 Å². The Morgan fingerprint density at radius 1 is 0.826 bits per heavy atom. The number of nitro benzene ring substituents is 1. The molecule has 0 unspecified atom stereocenters. The van der Waals surface area contributed by atoms with Crippen LogP contribution in [0.15, 0.2) is 30.3 Å². The van der Waals surface area contributed by atoms with Gasteiger partial charge in [0.15, 0.2) is 0 Å². The summed E-state index contributed by atoms with van der Waals surface area (Å²) in [5.41, 5.74) is 8.53. The predicted octanol–water partition coefficient (Wildman–Crippen LogP) is 5.02. The number of aryl methyl sites for hydroxylation is 1. The van der Waals surface area contributed by atoms with Crippen LogP contribution in [-0.2, 0) is 25.7 Å². The Morgan fingerprint density at radius 3 is 2.30 bits per heavy atom. The van der Waals surface area contributed by atoms with Gasteiger partial charge in [-0.15, -0.1) is 0 Å². The highest BCUT2D eigenvalue weighted by Crippen LogP contribution is 2.39. The minimum absolute atomic E-state index is 0.185. The fourth-order valence-electron chi connectivity index (χ4n) is 4.27. The molecule has 2 aromatic carbocycles. The van der Waals surface area contributed by atoms with Crippen molar-refractivity contribution in [3.05, 3.63) is 62.7 Å².